The molecule has 28 heavy (non-hydrogen) atoms. The monoisotopic (exact) mass is 480 g/mol. The van der Waals surface area contributed by atoms with Crippen molar-refractivity contribution >= 4 is 37.9 Å². The molecule has 0 bridgehead atoms. The first kappa shape index (κ1) is 29.0. The van der Waals surface area contributed by atoms with Crippen LogP contribution in [0.4, 0.5) is 0 Å². The van der Waals surface area contributed by atoms with E-state index in [1.54, 1.807) is 62.3 Å². The van der Waals surface area contributed by atoms with Crippen LogP contribution in [0.5, 0.6) is 0 Å². The van der Waals surface area contributed by atoms with Crippen LogP contribution in [-0.4, -0.2) is 51.9 Å². The number of hydrogen-bond donors (Lipinski definition) is 0. The first-order valence-electron chi connectivity index (χ1n) is 9.59. The molecule has 0 aromatic rings. The third kappa shape index (κ3) is 11.4. The second kappa shape index (κ2) is 12.7. The van der Waals surface area contributed by atoms with Gasteiger partial charge in [-0.15, -0.1) is 0 Å². The van der Waals surface area contributed by atoms with E-state index in [4.69, 9.17) is 24.3 Å². The molecule has 0 saturated heterocycles. The van der Waals surface area contributed by atoms with Gasteiger partial charge in [-0.05, 0) is 41.5 Å². The summed E-state index contributed by atoms with van der Waals surface area (Å²) in [6.45, 7) is 15.1. The Bertz CT molecular complexity index is 516. The zero-order valence-electron chi connectivity index (χ0n) is 18.4. The Morgan fingerprint density at radius 1 is 0.571 bits per heavy atom. The van der Waals surface area contributed by atoms with E-state index in [2.05, 4.69) is 0 Å². The second-order valence-corrected chi connectivity index (χ2v) is 16.2. The molecule has 168 valence electrons. The summed E-state index contributed by atoms with van der Waals surface area (Å²) in [6, 6.07) is 0. The van der Waals surface area contributed by atoms with Gasteiger partial charge in [-0.25, -0.2) is 0 Å². The normalized spacial score (nSPS) is 18.9. The molecule has 0 aromatic heterocycles. The highest BCUT2D eigenvalue weighted by Crippen LogP contribution is 2.58. The van der Waals surface area contributed by atoms with Gasteiger partial charge >= 0.3 is 37.9 Å². The minimum absolute atomic E-state index is 0.0460. The molecule has 3 unspecified atom stereocenters. The average Bonchev–Trinajstić information content (AvgIpc) is 2.52. The fourth-order valence-electron chi connectivity index (χ4n) is 1.94. The van der Waals surface area contributed by atoms with Crippen molar-refractivity contribution in [3.63, 3.8) is 0 Å². The molecule has 0 spiro atoms. The van der Waals surface area contributed by atoms with Gasteiger partial charge in [0.25, 0.3) is 0 Å². The van der Waals surface area contributed by atoms with Gasteiger partial charge in [0, 0.05) is 18.5 Å². The van der Waals surface area contributed by atoms with E-state index in [1.807, 2.05) is 0 Å². The van der Waals surface area contributed by atoms with Crippen LogP contribution >= 0.6 is 22.8 Å². The van der Waals surface area contributed by atoms with E-state index >= 15 is 0 Å². The summed E-state index contributed by atoms with van der Waals surface area (Å²) in [5, 5.41) is 0. The maximum absolute atomic E-state index is 13.0. The lowest BCUT2D eigenvalue weighted by Crippen LogP contribution is -2.28. The topological polar surface area (TPSA) is 107 Å². The summed E-state index contributed by atoms with van der Waals surface area (Å²) in [6.07, 6.45) is -1.00. The highest BCUT2D eigenvalue weighted by Gasteiger charge is 2.50. The Kier molecular flexibility index (Phi) is 13.2. The Balaban J connectivity index is 5.78. The Morgan fingerprint density at radius 2 is 0.786 bits per heavy atom. The molecule has 9 nitrogen and oxygen atoms in total. The molecule has 0 rings (SSSR count). The molecule has 0 fully saturated rings. The molecule has 0 aliphatic rings. The minimum Gasteiger partial charge on any atom is -0.384 e. The summed E-state index contributed by atoms with van der Waals surface area (Å²) >= 11 is -3.50. The van der Waals surface area contributed by atoms with Gasteiger partial charge < -0.3 is 24.3 Å². The van der Waals surface area contributed by atoms with Crippen LogP contribution in [0.1, 0.15) is 62.3 Å². The fraction of sp³-hybridized carbons (Fsp3) is 1.00. The minimum atomic E-state index is -3.62. The predicted octanol–water partition coefficient (Wildman–Crippen LogP) is 5.94. The molecule has 0 amide bonds. The van der Waals surface area contributed by atoms with Crippen molar-refractivity contribution < 1.29 is 38.0 Å². The number of hydrogen-bond acceptors (Lipinski definition) is 9. The molecule has 0 N–H and O–H groups in total. The Morgan fingerprint density at radius 3 is 0.929 bits per heavy atom. The van der Waals surface area contributed by atoms with Gasteiger partial charge in [-0.2, -0.15) is 0 Å². The van der Waals surface area contributed by atoms with Gasteiger partial charge in [0.05, 0.1) is 18.3 Å². The van der Waals surface area contributed by atoms with Gasteiger partial charge in [0.2, 0.25) is 0 Å². The van der Waals surface area contributed by atoms with Gasteiger partial charge in [-0.1, -0.05) is 20.8 Å². The lowest BCUT2D eigenvalue weighted by atomic mass is 10.5. The molecule has 0 aromatic carbocycles. The summed E-state index contributed by atoms with van der Waals surface area (Å²) in [4.78, 5) is 0. The Labute approximate surface area is 175 Å². The quantitative estimate of drug-likeness (QED) is 0.208. The third-order valence-corrected chi connectivity index (χ3v) is 13.5. The van der Waals surface area contributed by atoms with Crippen molar-refractivity contribution in [1.82, 2.24) is 0 Å². The van der Waals surface area contributed by atoms with Crippen LogP contribution in [0, 0.1) is 0 Å². The highest BCUT2D eigenvalue weighted by molar-refractivity contribution is 7.58. The van der Waals surface area contributed by atoms with Crippen LogP contribution in [-0.2, 0) is 38.0 Å². The van der Waals surface area contributed by atoms with E-state index in [1.165, 1.54) is 0 Å². The van der Waals surface area contributed by atoms with E-state index < -0.39 is 37.9 Å². The number of rotatable bonds is 15. The summed E-state index contributed by atoms with van der Waals surface area (Å²) in [5.74, 6) is 0. The maximum Gasteiger partial charge on any atom is 0.926 e. The molecular weight excluding hydrogens is 444 g/mol. The molecule has 3 atom stereocenters. The van der Waals surface area contributed by atoms with Crippen LogP contribution in [0.3, 0.4) is 0 Å². The summed E-state index contributed by atoms with van der Waals surface area (Å²) < 4.78 is 71.9. The second-order valence-electron chi connectivity index (χ2n) is 6.85. The standard InChI is InChI=1S/3C5H13O3P.Al/c3*1-4-9(6,7)8-5(2)3;/h3*5H,4H2,1-3H3,(H,6,7);/q;;;+3/p-3. The molecular formula is C15H36AlO9P3. The largest absolute Gasteiger partial charge is 0.926 e. The highest BCUT2D eigenvalue weighted by atomic mass is 31.2. The van der Waals surface area contributed by atoms with Crippen molar-refractivity contribution in [2.24, 2.45) is 0 Å². The molecule has 0 heterocycles. The van der Waals surface area contributed by atoms with Crippen LogP contribution < -0.4 is 0 Å². The van der Waals surface area contributed by atoms with Crippen LogP contribution in [0.2, 0.25) is 0 Å². The van der Waals surface area contributed by atoms with E-state index in [9.17, 15) is 13.7 Å². The van der Waals surface area contributed by atoms with Crippen molar-refractivity contribution in [2.45, 2.75) is 80.6 Å². The van der Waals surface area contributed by atoms with Crippen molar-refractivity contribution in [3.8, 4) is 0 Å². The maximum atomic E-state index is 13.0. The zero-order chi connectivity index (χ0) is 22.2. The van der Waals surface area contributed by atoms with Crippen molar-refractivity contribution in [2.75, 3.05) is 18.5 Å². The first-order valence-corrected chi connectivity index (χ1v) is 16.2. The predicted molar refractivity (Wildman–Crippen MR) is 112 cm³/mol. The summed E-state index contributed by atoms with van der Waals surface area (Å²) in [7, 11) is -10.8. The van der Waals surface area contributed by atoms with Crippen LogP contribution in [0.15, 0.2) is 0 Å². The van der Waals surface area contributed by atoms with Crippen LogP contribution in [0.25, 0.3) is 0 Å². The fourth-order valence-corrected chi connectivity index (χ4v) is 11.3. The lowest BCUT2D eigenvalue weighted by Gasteiger charge is -2.28. The molecule has 13 heteroatoms. The Hall–Kier alpha value is 0.982. The summed E-state index contributed by atoms with van der Waals surface area (Å²) in [5.41, 5.74) is 0. The van der Waals surface area contributed by atoms with Gasteiger partial charge in [-0.3, -0.25) is 13.7 Å². The van der Waals surface area contributed by atoms with E-state index in [0.717, 1.165) is 0 Å². The van der Waals surface area contributed by atoms with Gasteiger partial charge in [0.15, 0.2) is 0 Å². The molecule has 0 aliphatic heterocycles. The average molecular weight is 480 g/mol. The van der Waals surface area contributed by atoms with Crippen molar-refractivity contribution in [3.05, 3.63) is 0 Å². The lowest BCUT2D eigenvalue weighted by molar-refractivity contribution is 0.158. The molecule has 0 aliphatic carbocycles. The molecule has 0 saturated carbocycles. The van der Waals surface area contributed by atoms with Crippen molar-refractivity contribution in [1.29, 1.82) is 0 Å². The first-order chi connectivity index (χ1) is 12.7. The van der Waals surface area contributed by atoms with E-state index in [-0.39, 0.29) is 36.8 Å². The van der Waals surface area contributed by atoms with Gasteiger partial charge in [0.1, 0.15) is 0 Å². The van der Waals surface area contributed by atoms with E-state index in [0.29, 0.717) is 0 Å². The SMILES string of the molecule is CCP(=O)(OC(C)C)[O][Al]([O]P(=O)(CC)OC(C)C)[O]P(=O)(CC)OC(C)C. The molecule has 0 radical (unpaired) electrons. The third-order valence-electron chi connectivity index (χ3n) is 3.02. The zero-order valence-corrected chi connectivity index (χ0v) is 22.3. The smallest absolute Gasteiger partial charge is 0.384 e.